The van der Waals surface area contributed by atoms with Crippen LogP contribution in [0.3, 0.4) is 0 Å². The zero-order chi connectivity index (χ0) is 7.21. The topological polar surface area (TPSA) is 139 Å². The summed E-state index contributed by atoms with van der Waals surface area (Å²) in [4.78, 5) is 33.6. The second-order valence-corrected chi connectivity index (χ2v) is 1.42. The third-order valence-electron chi connectivity index (χ3n) is 0. The van der Waals surface area contributed by atoms with E-state index < -0.39 is 7.82 Å². The molecule has 0 rings (SSSR count). The number of rotatable bonds is 0. The Morgan fingerprint density at radius 1 is 1.22 bits per heavy atom. The van der Waals surface area contributed by atoms with Crippen LogP contribution in [0, 0.1) is 10.1 Å². The van der Waals surface area contributed by atoms with Gasteiger partial charge in [0.2, 0.25) is 0 Å². The van der Waals surface area contributed by atoms with Crippen LogP contribution >= 0.6 is 7.82 Å². The Bertz CT molecular complexity index is 87.0. The van der Waals surface area contributed by atoms with Gasteiger partial charge in [0.25, 0.3) is 0 Å². The summed E-state index contributed by atoms with van der Waals surface area (Å²) in [7, 11) is -5.39. The van der Waals surface area contributed by atoms with Gasteiger partial charge in [-0.05, 0) is 0 Å². The van der Waals surface area contributed by atoms with E-state index in [1.165, 1.54) is 0 Å². The Morgan fingerprint density at radius 2 is 1.22 bits per heavy atom. The average Bonchev–Trinajstić information content (AvgIpc) is 1.27. The van der Waals surface area contributed by atoms with Crippen LogP contribution in [-0.4, -0.2) is 0 Å². The van der Waals surface area contributed by atoms with Crippen LogP contribution in [0.2, 0.25) is 0 Å². The van der Waals surface area contributed by atoms with Crippen molar-refractivity contribution in [3.8, 4) is 0 Å². The summed E-state index contributed by atoms with van der Waals surface area (Å²) in [5.74, 6) is 0. The Kier molecular flexibility index (Phi) is 13.8. The van der Waals surface area contributed by atoms with E-state index in [4.69, 9.17) is 29.4 Å². The standard InChI is InChI=1S/ClH.HNO2.H3O4P/c;2-1-3;1-5(2,3)4/h1H;(H,2,3);(H3,1,2,3,4)/p-5. The number of hydrogen-bond acceptors (Lipinski definition) is 7. The van der Waals surface area contributed by atoms with Crippen LogP contribution in [0.25, 0.3) is 0 Å². The van der Waals surface area contributed by atoms with E-state index in [9.17, 15) is 0 Å². The summed E-state index contributed by atoms with van der Waals surface area (Å²) in [6, 6.07) is 0. The molecule has 0 saturated heterocycles. The van der Waals surface area contributed by atoms with Gasteiger partial charge in [-0.2, -0.15) is 7.82 Å². The zero-order valence-corrected chi connectivity index (χ0v) is 5.37. The summed E-state index contributed by atoms with van der Waals surface area (Å²) >= 11 is 0. The van der Waals surface area contributed by atoms with E-state index >= 15 is 0 Å². The van der Waals surface area contributed by atoms with Gasteiger partial charge >= 0.3 is 0 Å². The minimum Gasteiger partial charge on any atom is -1.00 e. The van der Waals surface area contributed by atoms with Gasteiger partial charge in [0.15, 0.2) is 0 Å². The lowest BCUT2D eigenvalue weighted by Gasteiger charge is -2.36. The predicted molar refractivity (Wildman–Crippen MR) is 16.8 cm³/mol. The first-order valence-corrected chi connectivity index (χ1v) is 2.56. The summed E-state index contributed by atoms with van der Waals surface area (Å²) in [5, 5.41) is 9.00. The van der Waals surface area contributed by atoms with Crippen LogP contribution in [0.5, 0.6) is 0 Å². The smallest absolute Gasteiger partial charge is 0.112 e. The first-order valence-electron chi connectivity index (χ1n) is 1.10. The van der Waals surface area contributed by atoms with Crippen LogP contribution in [0.15, 0.2) is 5.34 Å². The molecular formula is ClNO6P-5. The predicted octanol–water partition coefficient (Wildman–Crippen LogP) is -5.57. The SMILES string of the molecule is O=N[O-].O=P([O-])([O-])[O-].[Cl-]. The van der Waals surface area contributed by atoms with Crippen molar-refractivity contribution >= 4 is 7.82 Å². The van der Waals surface area contributed by atoms with Gasteiger partial charge in [-0.25, -0.2) is 0 Å². The number of halogens is 1. The third-order valence-corrected chi connectivity index (χ3v) is 0. The van der Waals surface area contributed by atoms with Crippen molar-refractivity contribution in [2.45, 2.75) is 0 Å². The average molecular weight is 176 g/mol. The Hall–Kier alpha value is -0.200. The highest BCUT2D eigenvalue weighted by molar-refractivity contribution is 7.40. The molecule has 7 nitrogen and oxygen atoms in total. The molecule has 58 valence electrons. The molecule has 0 aromatic carbocycles. The molecule has 0 bridgehead atoms. The maximum absolute atomic E-state index is 8.55. The second-order valence-electron chi connectivity index (χ2n) is 0.522. The molecule has 0 aliphatic heterocycles. The van der Waals surface area contributed by atoms with Crippen molar-refractivity contribution in [1.29, 1.82) is 0 Å². The van der Waals surface area contributed by atoms with Crippen LogP contribution in [0.1, 0.15) is 0 Å². The van der Waals surface area contributed by atoms with Crippen molar-refractivity contribution in [2.75, 3.05) is 0 Å². The lowest BCUT2D eigenvalue weighted by Crippen LogP contribution is -3.00. The normalized spacial score (nSPS) is 7.89. The van der Waals surface area contributed by atoms with Gasteiger partial charge < -0.3 is 41.8 Å². The van der Waals surface area contributed by atoms with Crippen molar-refractivity contribution in [2.24, 2.45) is 5.34 Å². The number of phosphoric acid groups is 1. The number of nitrogens with zero attached hydrogens (tertiary/aromatic N) is 1. The van der Waals surface area contributed by atoms with Crippen molar-refractivity contribution in [3.63, 3.8) is 0 Å². The molecule has 0 fully saturated rings. The first-order chi connectivity index (χ1) is 3.41. The van der Waals surface area contributed by atoms with Gasteiger partial charge in [0, 0.05) is 0 Å². The van der Waals surface area contributed by atoms with Gasteiger partial charge in [-0.3, -0.25) is 0 Å². The van der Waals surface area contributed by atoms with Crippen molar-refractivity contribution < 1.29 is 31.7 Å². The third kappa shape index (κ3) is 6560. The maximum Gasteiger partial charge on any atom is -0.112 e. The Morgan fingerprint density at radius 3 is 1.22 bits per heavy atom. The fourth-order valence-corrected chi connectivity index (χ4v) is 0. The quantitative estimate of drug-likeness (QED) is 0.205. The summed E-state index contributed by atoms with van der Waals surface area (Å²) in [6.07, 6.45) is 0. The molecule has 0 aliphatic carbocycles. The molecule has 0 atom stereocenters. The van der Waals surface area contributed by atoms with E-state index in [0.29, 0.717) is 0 Å². The highest BCUT2D eigenvalue weighted by Crippen LogP contribution is 2.03. The van der Waals surface area contributed by atoms with Crippen molar-refractivity contribution in [1.82, 2.24) is 0 Å². The molecule has 0 radical (unpaired) electrons. The van der Waals surface area contributed by atoms with Gasteiger partial charge in [0.05, 0.1) is 0 Å². The zero-order valence-electron chi connectivity index (χ0n) is 3.72. The molecule has 0 aromatic heterocycles. The molecule has 9 heteroatoms. The molecule has 0 heterocycles. The Labute approximate surface area is 55.9 Å². The van der Waals surface area contributed by atoms with E-state index in [1.807, 2.05) is 0 Å². The van der Waals surface area contributed by atoms with E-state index in [2.05, 4.69) is 0 Å². The lowest BCUT2D eigenvalue weighted by atomic mass is 13.4. The largest absolute Gasteiger partial charge is 1.00 e. The molecular weight excluding hydrogens is 176 g/mol. The molecule has 0 unspecified atom stereocenters. The lowest BCUT2D eigenvalue weighted by molar-refractivity contribution is -0.432. The Balaban J connectivity index is -0.0000000800. The van der Waals surface area contributed by atoms with Gasteiger partial charge in [-0.1, -0.05) is 0 Å². The highest BCUT2D eigenvalue weighted by Gasteiger charge is 1.44. The van der Waals surface area contributed by atoms with Gasteiger partial charge in [0.1, 0.15) is 0 Å². The first kappa shape index (κ1) is 15.9. The fraction of sp³-hybridized carbons (Fsp3) is 0. The van der Waals surface area contributed by atoms with Crippen molar-refractivity contribution in [3.05, 3.63) is 10.1 Å². The number of hydrogen-bond donors (Lipinski definition) is 0. The summed E-state index contributed by atoms with van der Waals surface area (Å²) in [5.41, 5.74) is 0. The molecule has 0 aromatic rings. The molecule has 0 N–H and O–H groups in total. The van der Waals surface area contributed by atoms with E-state index in [0.717, 1.165) is 5.34 Å². The minimum absolute atomic E-state index is 0. The minimum atomic E-state index is -5.39. The summed E-state index contributed by atoms with van der Waals surface area (Å²) in [6.45, 7) is 0. The molecule has 0 aliphatic rings. The maximum atomic E-state index is 8.55. The van der Waals surface area contributed by atoms with E-state index in [-0.39, 0.29) is 12.4 Å². The van der Waals surface area contributed by atoms with E-state index in [1.54, 1.807) is 0 Å². The summed E-state index contributed by atoms with van der Waals surface area (Å²) < 4.78 is 8.55. The van der Waals surface area contributed by atoms with Crippen LogP contribution in [-0.2, 0) is 4.57 Å². The van der Waals surface area contributed by atoms with Gasteiger partial charge in [-0.15, -0.1) is 5.34 Å². The molecule has 9 heavy (non-hydrogen) atoms. The van der Waals surface area contributed by atoms with Crippen LogP contribution in [0.4, 0.5) is 0 Å². The fourth-order valence-electron chi connectivity index (χ4n) is 0. The second kappa shape index (κ2) is 7.80. The molecule has 0 amide bonds. The molecule has 0 saturated carbocycles. The molecule has 0 spiro atoms. The highest BCUT2D eigenvalue weighted by atomic mass is 35.5. The monoisotopic (exact) mass is 176 g/mol. The van der Waals surface area contributed by atoms with Crippen LogP contribution < -0.4 is 27.1 Å².